The SMILES string of the molecule is CCCCNC(=O)CNC(C)c1ccc(Cl)cc1Cl. The van der Waals surface area contributed by atoms with Gasteiger partial charge in [-0.1, -0.05) is 42.6 Å². The molecule has 0 aliphatic rings. The van der Waals surface area contributed by atoms with Crippen LogP contribution in [0.15, 0.2) is 18.2 Å². The minimum absolute atomic E-state index is 0.00157. The van der Waals surface area contributed by atoms with Crippen molar-refractivity contribution in [1.82, 2.24) is 10.6 Å². The Morgan fingerprint density at radius 2 is 2.11 bits per heavy atom. The first kappa shape index (κ1) is 16.3. The third-order valence-electron chi connectivity index (χ3n) is 2.85. The molecule has 106 valence electrons. The maximum absolute atomic E-state index is 11.6. The normalized spacial score (nSPS) is 12.2. The Hall–Kier alpha value is -0.770. The zero-order chi connectivity index (χ0) is 14.3. The van der Waals surface area contributed by atoms with E-state index in [1.165, 1.54) is 0 Å². The van der Waals surface area contributed by atoms with Crippen LogP contribution in [0, 0.1) is 0 Å². The lowest BCUT2D eigenvalue weighted by atomic mass is 10.1. The van der Waals surface area contributed by atoms with Gasteiger partial charge in [0.15, 0.2) is 0 Å². The summed E-state index contributed by atoms with van der Waals surface area (Å²) in [6, 6.07) is 5.37. The van der Waals surface area contributed by atoms with Crippen LogP contribution >= 0.6 is 23.2 Å². The molecule has 0 fully saturated rings. The summed E-state index contributed by atoms with van der Waals surface area (Å²) in [5, 5.41) is 7.22. The molecule has 0 aromatic heterocycles. The minimum Gasteiger partial charge on any atom is -0.355 e. The third-order valence-corrected chi connectivity index (χ3v) is 3.41. The van der Waals surface area contributed by atoms with E-state index in [1.807, 2.05) is 13.0 Å². The van der Waals surface area contributed by atoms with Gasteiger partial charge < -0.3 is 10.6 Å². The number of unbranched alkanes of at least 4 members (excludes halogenated alkanes) is 1. The van der Waals surface area contributed by atoms with E-state index in [0.717, 1.165) is 24.9 Å². The molecule has 0 bridgehead atoms. The highest BCUT2D eigenvalue weighted by Crippen LogP contribution is 2.25. The van der Waals surface area contributed by atoms with Gasteiger partial charge in [0.05, 0.1) is 6.54 Å². The highest BCUT2D eigenvalue weighted by atomic mass is 35.5. The largest absolute Gasteiger partial charge is 0.355 e. The van der Waals surface area contributed by atoms with Crippen molar-refractivity contribution in [1.29, 1.82) is 0 Å². The van der Waals surface area contributed by atoms with Crippen LogP contribution in [-0.4, -0.2) is 19.0 Å². The number of nitrogens with one attached hydrogen (secondary N) is 2. The molecule has 0 aliphatic carbocycles. The number of carbonyl (C=O) groups excluding carboxylic acids is 1. The van der Waals surface area contributed by atoms with Crippen LogP contribution in [0.25, 0.3) is 0 Å². The molecule has 0 spiro atoms. The molecule has 0 heterocycles. The lowest BCUT2D eigenvalue weighted by molar-refractivity contribution is -0.120. The van der Waals surface area contributed by atoms with Crippen molar-refractivity contribution in [2.75, 3.05) is 13.1 Å². The standard InChI is InChI=1S/C14H20Cl2N2O/c1-3-4-7-17-14(19)9-18-10(2)12-6-5-11(15)8-13(12)16/h5-6,8,10,18H,3-4,7,9H2,1-2H3,(H,17,19). The van der Waals surface area contributed by atoms with Gasteiger partial charge in [0, 0.05) is 22.6 Å². The Labute approximate surface area is 124 Å². The summed E-state index contributed by atoms with van der Waals surface area (Å²) in [7, 11) is 0. The molecule has 1 rings (SSSR count). The number of amides is 1. The number of hydrogen-bond acceptors (Lipinski definition) is 2. The molecule has 1 aromatic carbocycles. The summed E-state index contributed by atoms with van der Waals surface area (Å²) in [6.07, 6.45) is 2.08. The summed E-state index contributed by atoms with van der Waals surface area (Å²) < 4.78 is 0. The second kappa shape index (κ2) is 8.41. The lowest BCUT2D eigenvalue weighted by Crippen LogP contribution is -2.35. The average molecular weight is 303 g/mol. The maximum atomic E-state index is 11.6. The Bertz CT molecular complexity index is 424. The van der Waals surface area contributed by atoms with Crippen molar-refractivity contribution >= 4 is 29.1 Å². The monoisotopic (exact) mass is 302 g/mol. The number of hydrogen-bond donors (Lipinski definition) is 2. The van der Waals surface area contributed by atoms with E-state index in [9.17, 15) is 4.79 Å². The second-order valence-corrected chi connectivity index (χ2v) is 5.32. The molecular formula is C14H20Cl2N2O. The van der Waals surface area contributed by atoms with Crippen LogP contribution in [0.1, 0.15) is 38.3 Å². The van der Waals surface area contributed by atoms with Crippen LogP contribution in [0.4, 0.5) is 0 Å². The van der Waals surface area contributed by atoms with Crippen molar-refractivity contribution in [2.45, 2.75) is 32.7 Å². The third kappa shape index (κ3) is 5.81. The molecule has 1 aromatic rings. The molecule has 1 amide bonds. The molecule has 5 heteroatoms. The van der Waals surface area contributed by atoms with Gasteiger partial charge in [-0.3, -0.25) is 4.79 Å². The van der Waals surface area contributed by atoms with Crippen LogP contribution in [0.3, 0.4) is 0 Å². The van der Waals surface area contributed by atoms with Crippen molar-refractivity contribution in [3.8, 4) is 0 Å². The van der Waals surface area contributed by atoms with E-state index in [1.54, 1.807) is 12.1 Å². The molecule has 0 aliphatic heterocycles. The summed E-state index contributed by atoms with van der Waals surface area (Å²) in [6.45, 7) is 5.07. The first-order valence-electron chi connectivity index (χ1n) is 6.49. The second-order valence-electron chi connectivity index (χ2n) is 4.47. The fraction of sp³-hybridized carbons (Fsp3) is 0.500. The van der Waals surface area contributed by atoms with Crippen LogP contribution in [0.2, 0.25) is 10.0 Å². The van der Waals surface area contributed by atoms with Gasteiger partial charge in [-0.15, -0.1) is 0 Å². The van der Waals surface area contributed by atoms with E-state index < -0.39 is 0 Å². The van der Waals surface area contributed by atoms with Gasteiger partial charge >= 0.3 is 0 Å². The summed E-state index contributed by atoms with van der Waals surface area (Å²) in [5.74, 6) is 0.00499. The molecular weight excluding hydrogens is 283 g/mol. The number of benzene rings is 1. The van der Waals surface area contributed by atoms with E-state index in [0.29, 0.717) is 10.0 Å². The van der Waals surface area contributed by atoms with Crippen LogP contribution in [0.5, 0.6) is 0 Å². The number of halogens is 2. The minimum atomic E-state index is 0.00157. The number of rotatable bonds is 7. The molecule has 1 unspecified atom stereocenters. The topological polar surface area (TPSA) is 41.1 Å². The molecule has 0 radical (unpaired) electrons. The Kier molecular flexibility index (Phi) is 7.21. The average Bonchev–Trinajstić information content (AvgIpc) is 2.36. The zero-order valence-corrected chi connectivity index (χ0v) is 12.8. The first-order chi connectivity index (χ1) is 9.04. The van der Waals surface area contributed by atoms with Gasteiger partial charge in [0.2, 0.25) is 5.91 Å². The fourth-order valence-corrected chi connectivity index (χ4v) is 2.25. The Morgan fingerprint density at radius 1 is 1.37 bits per heavy atom. The van der Waals surface area contributed by atoms with E-state index >= 15 is 0 Å². The zero-order valence-electron chi connectivity index (χ0n) is 11.3. The van der Waals surface area contributed by atoms with Crippen LogP contribution in [-0.2, 0) is 4.79 Å². The predicted octanol–water partition coefficient (Wildman–Crippen LogP) is 3.56. The van der Waals surface area contributed by atoms with Gasteiger partial charge in [0.25, 0.3) is 0 Å². The quantitative estimate of drug-likeness (QED) is 0.756. The number of carbonyl (C=O) groups is 1. The van der Waals surface area contributed by atoms with E-state index in [4.69, 9.17) is 23.2 Å². The van der Waals surface area contributed by atoms with E-state index in [-0.39, 0.29) is 18.5 Å². The molecule has 0 saturated carbocycles. The van der Waals surface area contributed by atoms with Crippen LogP contribution < -0.4 is 10.6 Å². The summed E-state index contributed by atoms with van der Waals surface area (Å²) in [4.78, 5) is 11.6. The van der Waals surface area contributed by atoms with Gasteiger partial charge in [0.1, 0.15) is 0 Å². The summed E-state index contributed by atoms with van der Waals surface area (Å²) in [5.41, 5.74) is 0.937. The molecule has 19 heavy (non-hydrogen) atoms. The van der Waals surface area contributed by atoms with Crippen molar-refractivity contribution in [3.63, 3.8) is 0 Å². The van der Waals surface area contributed by atoms with Gasteiger partial charge in [-0.05, 0) is 31.0 Å². The highest BCUT2D eigenvalue weighted by Gasteiger charge is 2.11. The molecule has 0 saturated heterocycles. The molecule has 1 atom stereocenters. The Balaban J connectivity index is 2.42. The Morgan fingerprint density at radius 3 is 2.74 bits per heavy atom. The smallest absolute Gasteiger partial charge is 0.233 e. The highest BCUT2D eigenvalue weighted by molar-refractivity contribution is 6.35. The van der Waals surface area contributed by atoms with Crippen molar-refractivity contribution < 1.29 is 4.79 Å². The van der Waals surface area contributed by atoms with Gasteiger partial charge in [-0.2, -0.15) is 0 Å². The predicted molar refractivity (Wildman–Crippen MR) is 80.8 cm³/mol. The molecule has 3 nitrogen and oxygen atoms in total. The lowest BCUT2D eigenvalue weighted by Gasteiger charge is -2.15. The maximum Gasteiger partial charge on any atom is 0.233 e. The van der Waals surface area contributed by atoms with Crippen molar-refractivity contribution in [3.05, 3.63) is 33.8 Å². The van der Waals surface area contributed by atoms with Gasteiger partial charge in [-0.25, -0.2) is 0 Å². The summed E-state index contributed by atoms with van der Waals surface area (Å²) >= 11 is 12.0. The first-order valence-corrected chi connectivity index (χ1v) is 7.25. The molecule has 2 N–H and O–H groups in total. The fourth-order valence-electron chi connectivity index (χ4n) is 1.68. The van der Waals surface area contributed by atoms with Crippen molar-refractivity contribution in [2.24, 2.45) is 0 Å². The van der Waals surface area contributed by atoms with E-state index in [2.05, 4.69) is 17.6 Å².